The summed E-state index contributed by atoms with van der Waals surface area (Å²) >= 11 is 6.22. The molecule has 0 saturated carbocycles. The number of amides is 1. The van der Waals surface area contributed by atoms with Crippen LogP contribution in [0.15, 0.2) is 36.7 Å². The van der Waals surface area contributed by atoms with Crippen LogP contribution >= 0.6 is 11.6 Å². The minimum Gasteiger partial charge on any atom is -0.323 e. The van der Waals surface area contributed by atoms with E-state index in [1.54, 1.807) is 4.68 Å². The first kappa shape index (κ1) is 19.6. The van der Waals surface area contributed by atoms with Crippen molar-refractivity contribution < 1.29 is 9.72 Å². The molecule has 0 spiro atoms. The van der Waals surface area contributed by atoms with Gasteiger partial charge in [0.05, 0.1) is 28.5 Å². The van der Waals surface area contributed by atoms with Crippen LogP contribution in [0.2, 0.25) is 5.02 Å². The van der Waals surface area contributed by atoms with Gasteiger partial charge in [-0.2, -0.15) is 10.2 Å². The molecule has 0 saturated heterocycles. The lowest BCUT2D eigenvalue weighted by Crippen LogP contribution is -2.16. The Kier molecular flexibility index (Phi) is 5.74. The van der Waals surface area contributed by atoms with Crippen LogP contribution in [0, 0.1) is 24.0 Å². The number of aryl methyl sites for hydroxylation is 2. The number of hydrogen-bond donors (Lipinski definition) is 1. The van der Waals surface area contributed by atoms with E-state index in [0.717, 1.165) is 17.5 Å². The van der Waals surface area contributed by atoms with Gasteiger partial charge < -0.3 is 5.32 Å². The highest BCUT2D eigenvalue weighted by atomic mass is 35.5. The van der Waals surface area contributed by atoms with E-state index >= 15 is 0 Å². The van der Waals surface area contributed by atoms with Gasteiger partial charge in [0.15, 0.2) is 0 Å². The van der Waals surface area contributed by atoms with E-state index in [1.165, 1.54) is 10.9 Å². The zero-order chi connectivity index (χ0) is 20.3. The zero-order valence-corrected chi connectivity index (χ0v) is 16.2. The Bertz CT molecular complexity index is 1030. The number of benzene rings is 1. The summed E-state index contributed by atoms with van der Waals surface area (Å²) in [6.07, 6.45) is 2.59. The molecule has 10 heteroatoms. The van der Waals surface area contributed by atoms with Gasteiger partial charge in [0, 0.05) is 18.0 Å². The first-order chi connectivity index (χ1) is 13.3. The van der Waals surface area contributed by atoms with E-state index in [-0.39, 0.29) is 24.6 Å². The van der Waals surface area contributed by atoms with Crippen LogP contribution in [0.3, 0.4) is 0 Å². The molecule has 1 aromatic carbocycles. The van der Waals surface area contributed by atoms with Crippen molar-refractivity contribution in [3.8, 4) is 0 Å². The number of aromatic nitrogens is 4. The molecule has 1 N–H and O–H groups in total. The molecular formula is C18H19ClN6O3. The molecule has 0 atom stereocenters. The number of carbonyl (C=O) groups is 1. The van der Waals surface area contributed by atoms with E-state index in [9.17, 15) is 14.9 Å². The molecule has 3 aromatic rings. The van der Waals surface area contributed by atoms with Gasteiger partial charge in [0.25, 0.3) is 0 Å². The molecule has 0 unspecified atom stereocenters. The summed E-state index contributed by atoms with van der Waals surface area (Å²) < 4.78 is 3.17. The van der Waals surface area contributed by atoms with Crippen LogP contribution in [0.25, 0.3) is 0 Å². The molecular weight excluding hydrogens is 384 g/mol. The van der Waals surface area contributed by atoms with Crippen molar-refractivity contribution in [1.82, 2.24) is 19.6 Å². The first-order valence-corrected chi connectivity index (χ1v) is 8.97. The second kappa shape index (κ2) is 8.22. The number of rotatable bonds is 7. The van der Waals surface area contributed by atoms with Gasteiger partial charge in [-0.1, -0.05) is 29.8 Å². The number of halogens is 1. The van der Waals surface area contributed by atoms with Crippen LogP contribution in [-0.2, 0) is 17.9 Å². The highest BCUT2D eigenvalue weighted by molar-refractivity contribution is 6.31. The fourth-order valence-electron chi connectivity index (χ4n) is 2.81. The summed E-state index contributed by atoms with van der Waals surface area (Å²) in [5, 5.41) is 22.6. The topological polar surface area (TPSA) is 108 Å². The summed E-state index contributed by atoms with van der Waals surface area (Å²) in [5.41, 5.74) is 3.01. The number of carbonyl (C=O) groups excluding carboxylic acids is 1. The van der Waals surface area contributed by atoms with Crippen molar-refractivity contribution in [2.75, 3.05) is 5.32 Å². The van der Waals surface area contributed by atoms with Gasteiger partial charge in [-0.25, -0.2) is 0 Å². The van der Waals surface area contributed by atoms with Crippen molar-refractivity contribution in [1.29, 1.82) is 0 Å². The van der Waals surface area contributed by atoms with Gasteiger partial charge >= 0.3 is 5.69 Å². The number of nitrogens with zero attached hydrogens (tertiary/aromatic N) is 5. The number of anilines is 1. The van der Waals surface area contributed by atoms with Gasteiger partial charge in [0.1, 0.15) is 12.4 Å². The molecule has 3 rings (SSSR count). The first-order valence-electron chi connectivity index (χ1n) is 8.59. The van der Waals surface area contributed by atoms with E-state index in [0.29, 0.717) is 22.9 Å². The van der Waals surface area contributed by atoms with Gasteiger partial charge in [-0.15, -0.1) is 0 Å². The minimum absolute atomic E-state index is 0.104. The maximum absolute atomic E-state index is 12.3. The number of nitro groups is 1. The Morgan fingerprint density at radius 2 is 2.07 bits per heavy atom. The molecule has 9 nitrogen and oxygen atoms in total. The van der Waals surface area contributed by atoms with Crippen molar-refractivity contribution in [2.24, 2.45) is 0 Å². The molecule has 0 aliphatic heterocycles. The lowest BCUT2D eigenvalue weighted by Gasteiger charge is -2.08. The molecule has 0 bridgehead atoms. The molecule has 1 amide bonds. The standard InChI is InChI=1S/C18H19ClN6O3/c1-12-18(13(2)24(22-12)10-14-5-3-4-6-16(14)19)21-17(26)7-8-23-11-15(9-20-23)25(27)28/h3-6,9,11H,7-8,10H2,1-2H3,(H,21,26). The monoisotopic (exact) mass is 402 g/mol. The normalized spacial score (nSPS) is 10.8. The molecule has 28 heavy (non-hydrogen) atoms. The summed E-state index contributed by atoms with van der Waals surface area (Å²) in [5.74, 6) is -0.221. The van der Waals surface area contributed by atoms with Crippen molar-refractivity contribution in [3.05, 3.63) is 68.7 Å². The summed E-state index contributed by atoms with van der Waals surface area (Å²) in [6.45, 7) is 4.44. The predicted octanol–water partition coefficient (Wildman–Crippen LogP) is 3.34. The van der Waals surface area contributed by atoms with Gasteiger partial charge in [-0.3, -0.25) is 24.3 Å². The lowest BCUT2D eigenvalue weighted by molar-refractivity contribution is -0.385. The highest BCUT2D eigenvalue weighted by Gasteiger charge is 2.16. The zero-order valence-electron chi connectivity index (χ0n) is 15.4. The van der Waals surface area contributed by atoms with Crippen LogP contribution < -0.4 is 5.32 Å². The Morgan fingerprint density at radius 3 is 2.75 bits per heavy atom. The third-order valence-corrected chi connectivity index (χ3v) is 4.69. The maximum Gasteiger partial charge on any atom is 0.306 e. The van der Waals surface area contributed by atoms with Crippen LogP contribution in [0.5, 0.6) is 0 Å². The Morgan fingerprint density at radius 1 is 1.32 bits per heavy atom. The van der Waals surface area contributed by atoms with Crippen LogP contribution in [-0.4, -0.2) is 30.4 Å². The van der Waals surface area contributed by atoms with E-state index < -0.39 is 4.92 Å². The third-order valence-electron chi connectivity index (χ3n) is 4.32. The fourth-order valence-corrected chi connectivity index (χ4v) is 3.00. The average Bonchev–Trinajstić information content (AvgIpc) is 3.23. The largest absolute Gasteiger partial charge is 0.323 e. The smallest absolute Gasteiger partial charge is 0.306 e. The minimum atomic E-state index is -0.524. The average molecular weight is 403 g/mol. The quantitative estimate of drug-likeness (QED) is 0.481. The Balaban J connectivity index is 1.65. The van der Waals surface area contributed by atoms with E-state index in [1.807, 2.05) is 38.1 Å². The van der Waals surface area contributed by atoms with Crippen LogP contribution in [0.4, 0.5) is 11.4 Å². The number of nitrogens with one attached hydrogen (secondary N) is 1. The second-order valence-electron chi connectivity index (χ2n) is 6.31. The molecule has 0 fully saturated rings. The van der Waals surface area contributed by atoms with Gasteiger partial charge in [-0.05, 0) is 25.5 Å². The molecule has 0 aliphatic rings. The summed E-state index contributed by atoms with van der Waals surface area (Å²) in [6, 6.07) is 7.54. The van der Waals surface area contributed by atoms with E-state index in [2.05, 4.69) is 15.5 Å². The summed E-state index contributed by atoms with van der Waals surface area (Å²) in [4.78, 5) is 22.5. The Labute approximate surface area is 166 Å². The van der Waals surface area contributed by atoms with Gasteiger partial charge in [0.2, 0.25) is 5.91 Å². The summed E-state index contributed by atoms with van der Waals surface area (Å²) in [7, 11) is 0. The molecule has 2 heterocycles. The number of hydrogen-bond acceptors (Lipinski definition) is 5. The third kappa shape index (κ3) is 4.37. The van der Waals surface area contributed by atoms with Crippen molar-refractivity contribution in [2.45, 2.75) is 33.4 Å². The Hall–Kier alpha value is -3.20. The van der Waals surface area contributed by atoms with Crippen molar-refractivity contribution >= 4 is 28.9 Å². The second-order valence-corrected chi connectivity index (χ2v) is 6.72. The predicted molar refractivity (Wildman–Crippen MR) is 104 cm³/mol. The molecule has 0 radical (unpaired) electrons. The van der Waals surface area contributed by atoms with Crippen LogP contribution in [0.1, 0.15) is 23.4 Å². The SMILES string of the molecule is Cc1nn(Cc2ccccc2Cl)c(C)c1NC(=O)CCn1cc([N+](=O)[O-])cn1. The van der Waals surface area contributed by atoms with E-state index in [4.69, 9.17) is 11.6 Å². The maximum atomic E-state index is 12.3. The fraction of sp³-hybridized carbons (Fsp3) is 0.278. The molecule has 2 aromatic heterocycles. The highest BCUT2D eigenvalue weighted by Crippen LogP contribution is 2.23. The molecule has 146 valence electrons. The van der Waals surface area contributed by atoms with Crippen molar-refractivity contribution in [3.63, 3.8) is 0 Å². The molecule has 0 aliphatic carbocycles. The lowest BCUT2D eigenvalue weighted by atomic mass is 10.2.